The molecule has 3 heteroatoms. The van der Waals surface area contributed by atoms with Gasteiger partial charge in [-0.25, -0.2) is 0 Å². The SMILES string of the molecule is O=Cc1cscc1-c1cccc(Cl)c1. The van der Waals surface area contributed by atoms with E-state index in [9.17, 15) is 4.79 Å². The lowest BCUT2D eigenvalue weighted by Crippen LogP contribution is -1.80. The van der Waals surface area contributed by atoms with Crippen LogP contribution in [0.15, 0.2) is 35.0 Å². The van der Waals surface area contributed by atoms with Crippen LogP contribution in [-0.4, -0.2) is 6.29 Å². The maximum atomic E-state index is 10.7. The van der Waals surface area contributed by atoms with Crippen molar-refractivity contribution >= 4 is 29.2 Å². The molecule has 0 bridgehead atoms. The summed E-state index contributed by atoms with van der Waals surface area (Å²) in [5, 5.41) is 4.48. The molecule has 0 aliphatic heterocycles. The summed E-state index contributed by atoms with van der Waals surface area (Å²) in [6.07, 6.45) is 0.868. The minimum absolute atomic E-state index is 0.686. The van der Waals surface area contributed by atoms with Gasteiger partial charge in [-0.2, -0.15) is 11.3 Å². The number of rotatable bonds is 2. The number of aldehydes is 1. The van der Waals surface area contributed by atoms with Gasteiger partial charge in [-0.15, -0.1) is 0 Å². The van der Waals surface area contributed by atoms with Gasteiger partial charge >= 0.3 is 0 Å². The summed E-state index contributed by atoms with van der Waals surface area (Å²) in [6.45, 7) is 0. The zero-order valence-electron chi connectivity index (χ0n) is 7.24. The molecule has 0 saturated carbocycles. The van der Waals surface area contributed by atoms with Crippen LogP contribution in [0.5, 0.6) is 0 Å². The number of hydrogen-bond acceptors (Lipinski definition) is 2. The van der Waals surface area contributed by atoms with Crippen LogP contribution in [0.1, 0.15) is 10.4 Å². The summed E-state index contributed by atoms with van der Waals surface area (Å²) < 4.78 is 0. The van der Waals surface area contributed by atoms with Crippen molar-refractivity contribution in [1.29, 1.82) is 0 Å². The number of benzene rings is 1. The van der Waals surface area contributed by atoms with Crippen LogP contribution in [-0.2, 0) is 0 Å². The van der Waals surface area contributed by atoms with Crippen molar-refractivity contribution in [3.8, 4) is 11.1 Å². The summed E-state index contributed by atoms with van der Waals surface area (Å²) in [5.74, 6) is 0. The normalized spacial score (nSPS) is 10.1. The number of carbonyl (C=O) groups is 1. The number of halogens is 1. The second-order valence-corrected chi connectivity index (χ2v) is 4.05. The van der Waals surface area contributed by atoms with Crippen LogP contribution >= 0.6 is 22.9 Å². The van der Waals surface area contributed by atoms with E-state index < -0.39 is 0 Å². The van der Waals surface area contributed by atoms with Gasteiger partial charge in [0, 0.05) is 21.5 Å². The second-order valence-electron chi connectivity index (χ2n) is 2.87. The molecule has 0 atom stereocenters. The van der Waals surface area contributed by atoms with Crippen molar-refractivity contribution < 1.29 is 4.79 Å². The van der Waals surface area contributed by atoms with Crippen molar-refractivity contribution in [2.24, 2.45) is 0 Å². The second kappa shape index (κ2) is 3.95. The van der Waals surface area contributed by atoms with Crippen LogP contribution in [0.4, 0.5) is 0 Å². The third kappa shape index (κ3) is 1.72. The first-order valence-corrected chi connectivity index (χ1v) is 5.40. The Bertz CT molecular complexity index is 462. The number of thiophene rings is 1. The minimum atomic E-state index is 0.686. The van der Waals surface area contributed by atoms with E-state index in [-0.39, 0.29) is 0 Å². The molecule has 0 saturated heterocycles. The van der Waals surface area contributed by atoms with Gasteiger partial charge < -0.3 is 0 Å². The van der Waals surface area contributed by atoms with Gasteiger partial charge in [0.2, 0.25) is 0 Å². The molecule has 0 N–H and O–H groups in total. The third-order valence-corrected chi connectivity index (χ3v) is 2.95. The Morgan fingerprint density at radius 3 is 2.86 bits per heavy atom. The molecule has 0 unspecified atom stereocenters. The van der Waals surface area contributed by atoms with Crippen molar-refractivity contribution in [2.75, 3.05) is 0 Å². The van der Waals surface area contributed by atoms with Crippen molar-refractivity contribution in [2.45, 2.75) is 0 Å². The molecule has 2 aromatic rings. The summed E-state index contributed by atoms with van der Waals surface area (Å²) in [4.78, 5) is 10.7. The maximum absolute atomic E-state index is 10.7. The molecule has 0 fully saturated rings. The average molecular weight is 223 g/mol. The molecule has 1 heterocycles. The van der Waals surface area contributed by atoms with Gasteiger partial charge in [-0.3, -0.25) is 4.79 Å². The van der Waals surface area contributed by atoms with Gasteiger partial charge in [-0.05, 0) is 23.1 Å². The zero-order valence-corrected chi connectivity index (χ0v) is 8.81. The fourth-order valence-corrected chi connectivity index (χ4v) is 2.28. The topological polar surface area (TPSA) is 17.1 Å². The van der Waals surface area contributed by atoms with E-state index in [0.29, 0.717) is 5.02 Å². The quantitative estimate of drug-likeness (QED) is 0.705. The van der Waals surface area contributed by atoms with Crippen LogP contribution < -0.4 is 0 Å². The van der Waals surface area contributed by atoms with Crippen molar-refractivity contribution in [3.05, 3.63) is 45.6 Å². The molecule has 2 rings (SSSR count). The smallest absolute Gasteiger partial charge is 0.151 e. The summed E-state index contributed by atoms with van der Waals surface area (Å²) in [7, 11) is 0. The van der Waals surface area contributed by atoms with E-state index in [4.69, 9.17) is 11.6 Å². The minimum Gasteiger partial charge on any atom is -0.298 e. The summed E-state index contributed by atoms with van der Waals surface area (Å²) in [6, 6.07) is 7.50. The highest BCUT2D eigenvalue weighted by Crippen LogP contribution is 2.27. The molecular formula is C11H7ClOS. The highest BCUT2D eigenvalue weighted by atomic mass is 35.5. The van der Waals surface area contributed by atoms with Gasteiger partial charge in [0.05, 0.1) is 0 Å². The molecule has 0 amide bonds. The zero-order chi connectivity index (χ0) is 9.97. The van der Waals surface area contributed by atoms with E-state index in [2.05, 4.69) is 0 Å². The van der Waals surface area contributed by atoms with Crippen molar-refractivity contribution in [1.82, 2.24) is 0 Å². The van der Waals surface area contributed by atoms with Gasteiger partial charge in [-0.1, -0.05) is 23.7 Å². The molecular weight excluding hydrogens is 216 g/mol. The molecule has 70 valence electrons. The summed E-state index contributed by atoms with van der Waals surface area (Å²) in [5.41, 5.74) is 2.66. The number of hydrogen-bond donors (Lipinski definition) is 0. The largest absolute Gasteiger partial charge is 0.298 e. The predicted molar refractivity (Wildman–Crippen MR) is 60.2 cm³/mol. The molecule has 14 heavy (non-hydrogen) atoms. The van der Waals surface area contributed by atoms with Gasteiger partial charge in [0.15, 0.2) is 6.29 Å². The van der Waals surface area contributed by atoms with Crippen LogP contribution in [0, 0.1) is 0 Å². The Hall–Kier alpha value is -1.12. The maximum Gasteiger partial charge on any atom is 0.151 e. The van der Waals surface area contributed by atoms with Crippen LogP contribution in [0.2, 0.25) is 5.02 Å². The Kier molecular flexibility index (Phi) is 2.66. The lowest BCUT2D eigenvalue weighted by Gasteiger charge is -1.99. The molecule has 1 nitrogen and oxygen atoms in total. The van der Waals surface area contributed by atoms with Crippen molar-refractivity contribution in [3.63, 3.8) is 0 Å². The molecule has 1 aromatic carbocycles. The first-order chi connectivity index (χ1) is 6.81. The van der Waals surface area contributed by atoms with E-state index >= 15 is 0 Å². The molecule has 0 aliphatic carbocycles. The van der Waals surface area contributed by atoms with Crippen LogP contribution in [0.3, 0.4) is 0 Å². The highest BCUT2D eigenvalue weighted by Gasteiger charge is 2.05. The van der Waals surface area contributed by atoms with E-state index in [1.54, 1.807) is 0 Å². The highest BCUT2D eigenvalue weighted by molar-refractivity contribution is 7.08. The predicted octanol–water partition coefficient (Wildman–Crippen LogP) is 3.88. The Morgan fingerprint density at radius 1 is 1.29 bits per heavy atom. The Morgan fingerprint density at radius 2 is 2.14 bits per heavy atom. The van der Waals surface area contributed by atoms with Gasteiger partial charge in [0.1, 0.15) is 0 Å². The Balaban J connectivity index is 2.54. The third-order valence-electron chi connectivity index (χ3n) is 1.95. The summed E-state index contributed by atoms with van der Waals surface area (Å²) >= 11 is 7.39. The Labute approximate surface area is 91.0 Å². The van der Waals surface area contributed by atoms with E-state index in [1.807, 2.05) is 35.0 Å². The molecule has 0 spiro atoms. The lowest BCUT2D eigenvalue weighted by molar-refractivity contribution is 0.112. The molecule has 0 aliphatic rings. The van der Waals surface area contributed by atoms with Gasteiger partial charge in [0.25, 0.3) is 0 Å². The first-order valence-electron chi connectivity index (χ1n) is 4.08. The van der Waals surface area contributed by atoms with E-state index in [0.717, 1.165) is 23.0 Å². The standard InChI is InChI=1S/C11H7ClOS/c12-10-3-1-2-8(4-10)11-7-14-6-9(11)5-13/h1-7H. The fraction of sp³-hybridized carbons (Fsp3) is 0. The van der Waals surface area contributed by atoms with Crippen LogP contribution in [0.25, 0.3) is 11.1 Å². The molecule has 0 radical (unpaired) electrons. The fourth-order valence-electron chi connectivity index (χ4n) is 1.29. The lowest BCUT2D eigenvalue weighted by atomic mass is 10.1. The first kappa shape index (κ1) is 9.44. The average Bonchev–Trinajstić information content (AvgIpc) is 2.65. The molecule has 1 aromatic heterocycles. The number of carbonyl (C=O) groups excluding carboxylic acids is 1. The van der Waals surface area contributed by atoms with E-state index in [1.165, 1.54) is 11.3 Å². The monoisotopic (exact) mass is 222 g/mol.